The number of hydrogen-bond donors (Lipinski definition) is 0. The van der Waals surface area contributed by atoms with Gasteiger partial charge in [0.15, 0.2) is 0 Å². The standard InChI is InChI=1S/C25H26ClN5S/c1-16(2)30-8-10-31(11-9-30)23-15-27-14-22(28-23)25-29-21-13-17(3)12-20(24(21)32-25)18-4-6-19(26)7-5-18/h4-7,12-16H,8-11H2,1-3H3. The molecule has 1 fully saturated rings. The Bertz CT molecular complexity index is 1240. The number of benzene rings is 2. The number of nitrogens with zero attached hydrogens (tertiary/aromatic N) is 5. The minimum Gasteiger partial charge on any atom is -0.353 e. The van der Waals surface area contributed by atoms with Crippen LogP contribution in [0.15, 0.2) is 48.8 Å². The average molecular weight is 464 g/mol. The molecule has 0 unspecified atom stereocenters. The number of thiazole rings is 1. The van der Waals surface area contributed by atoms with E-state index in [9.17, 15) is 0 Å². The summed E-state index contributed by atoms with van der Waals surface area (Å²) < 4.78 is 1.16. The van der Waals surface area contributed by atoms with Crippen molar-refractivity contribution in [1.29, 1.82) is 0 Å². The van der Waals surface area contributed by atoms with E-state index in [0.717, 1.165) is 63.5 Å². The molecule has 2 aromatic heterocycles. The zero-order valence-electron chi connectivity index (χ0n) is 18.5. The van der Waals surface area contributed by atoms with Gasteiger partial charge in [-0.1, -0.05) is 23.7 Å². The highest BCUT2D eigenvalue weighted by Gasteiger charge is 2.21. The molecule has 4 aromatic rings. The van der Waals surface area contributed by atoms with Crippen LogP contribution in [0.4, 0.5) is 5.82 Å². The van der Waals surface area contributed by atoms with Gasteiger partial charge < -0.3 is 4.90 Å². The van der Waals surface area contributed by atoms with E-state index in [-0.39, 0.29) is 0 Å². The molecule has 5 rings (SSSR count). The molecule has 7 heteroatoms. The van der Waals surface area contributed by atoms with Crippen LogP contribution in [0, 0.1) is 6.92 Å². The number of aryl methyl sites for hydroxylation is 1. The summed E-state index contributed by atoms with van der Waals surface area (Å²) in [5.41, 5.74) is 5.32. The average Bonchev–Trinajstić information content (AvgIpc) is 3.23. The predicted molar refractivity (Wildman–Crippen MR) is 135 cm³/mol. The van der Waals surface area contributed by atoms with Gasteiger partial charge in [-0.3, -0.25) is 9.88 Å². The van der Waals surface area contributed by atoms with Crippen LogP contribution in [-0.4, -0.2) is 52.1 Å². The normalized spacial score (nSPS) is 15.1. The maximum atomic E-state index is 6.10. The maximum absolute atomic E-state index is 6.10. The molecule has 5 nitrogen and oxygen atoms in total. The van der Waals surface area contributed by atoms with E-state index in [4.69, 9.17) is 21.6 Å². The number of anilines is 1. The summed E-state index contributed by atoms with van der Waals surface area (Å²) in [6.45, 7) is 10.6. The number of piperazine rings is 1. The molecule has 1 saturated heterocycles. The van der Waals surface area contributed by atoms with Gasteiger partial charge in [-0.15, -0.1) is 11.3 Å². The van der Waals surface area contributed by atoms with Crippen molar-refractivity contribution in [3.8, 4) is 21.8 Å². The van der Waals surface area contributed by atoms with E-state index in [1.807, 2.05) is 24.5 Å². The molecule has 0 atom stereocenters. The third-order valence-corrected chi connectivity index (χ3v) is 7.38. The monoisotopic (exact) mass is 463 g/mol. The fourth-order valence-corrected chi connectivity index (χ4v) is 5.37. The zero-order chi connectivity index (χ0) is 22.2. The van der Waals surface area contributed by atoms with Gasteiger partial charge in [0.2, 0.25) is 0 Å². The van der Waals surface area contributed by atoms with Crippen LogP contribution in [0.3, 0.4) is 0 Å². The minimum atomic E-state index is 0.579. The Morgan fingerprint density at radius 2 is 1.72 bits per heavy atom. The van der Waals surface area contributed by atoms with Gasteiger partial charge in [-0.2, -0.15) is 0 Å². The van der Waals surface area contributed by atoms with Crippen molar-refractivity contribution in [2.75, 3.05) is 31.1 Å². The van der Waals surface area contributed by atoms with Crippen molar-refractivity contribution >= 4 is 39.0 Å². The van der Waals surface area contributed by atoms with Crippen LogP contribution in [0.2, 0.25) is 5.02 Å². The van der Waals surface area contributed by atoms with Crippen molar-refractivity contribution in [3.63, 3.8) is 0 Å². The Kier molecular flexibility index (Phi) is 5.84. The Morgan fingerprint density at radius 3 is 2.44 bits per heavy atom. The lowest BCUT2D eigenvalue weighted by Crippen LogP contribution is -2.49. The molecule has 0 N–H and O–H groups in total. The van der Waals surface area contributed by atoms with Gasteiger partial charge in [0, 0.05) is 42.8 Å². The highest BCUT2D eigenvalue weighted by Crippen LogP contribution is 2.37. The summed E-state index contributed by atoms with van der Waals surface area (Å²) in [7, 11) is 0. The first-order valence-corrected chi connectivity index (χ1v) is 12.2. The molecule has 1 aliphatic heterocycles. The van der Waals surface area contributed by atoms with E-state index in [2.05, 4.69) is 59.8 Å². The first-order valence-electron chi connectivity index (χ1n) is 11.0. The molecule has 0 bridgehead atoms. The van der Waals surface area contributed by atoms with Crippen LogP contribution < -0.4 is 4.90 Å². The van der Waals surface area contributed by atoms with Crippen LogP contribution in [-0.2, 0) is 0 Å². The van der Waals surface area contributed by atoms with Crippen molar-refractivity contribution in [2.24, 2.45) is 0 Å². The van der Waals surface area contributed by atoms with Crippen molar-refractivity contribution in [1.82, 2.24) is 19.9 Å². The fraction of sp³-hybridized carbons (Fsp3) is 0.320. The summed E-state index contributed by atoms with van der Waals surface area (Å²) >= 11 is 7.77. The largest absolute Gasteiger partial charge is 0.353 e. The second-order valence-electron chi connectivity index (χ2n) is 8.57. The van der Waals surface area contributed by atoms with Crippen molar-refractivity contribution in [3.05, 3.63) is 59.4 Å². The lowest BCUT2D eigenvalue weighted by Gasteiger charge is -2.37. The molecule has 0 amide bonds. The van der Waals surface area contributed by atoms with Gasteiger partial charge in [-0.25, -0.2) is 9.97 Å². The van der Waals surface area contributed by atoms with Gasteiger partial charge in [-0.05, 0) is 56.2 Å². The quantitative estimate of drug-likeness (QED) is 0.376. The molecule has 2 aromatic carbocycles. The van der Waals surface area contributed by atoms with Gasteiger partial charge in [0.05, 0.1) is 22.6 Å². The summed E-state index contributed by atoms with van der Waals surface area (Å²) in [5, 5.41) is 1.64. The zero-order valence-corrected chi connectivity index (χ0v) is 20.1. The number of halogens is 1. The van der Waals surface area contributed by atoms with Crippen molar-refractivity contribution < 1.29 is 0 Å². The molecule has 0 radical (unpaired) electrons. The second kappa shape index (κ2) is 8.77. The van der Waals surface area contributed by atoms with Gasteiger partial charge in [0.25, 0.3) is 0 Å². The molecule has 0 saturated carbocycles. The van der Waals surface area contributed by atoms with E-state index in [1.165, 1.54) is 11.1 Å². The van der Waals surface area contributed by atoms with Crippen molar-refractivity contribution in [2.45, 2.75) is 26.8 Å². The molecular weight excluding hydrogens is 438 g/mol. The number of fused-ring (bicyclic) bond motifs is 1. The highest BCUT2D eigenvalue weighted by atomic mass is 35.5. The molecule has 3 heterocycles. The lowest BCUT2D eigenvalue weighted by molar-refractivity contribution is 0.209. The van der Waals surface area contributed by atoms with Crippen LogP contribution in [0.5, 0.6) is 0 Å². The first-order chi connectivity index (χ1) is 15.5. The SMILES string of the molecule is Cc1cc(-c2ccc(Cl)cc2)c2sc(-c3cncc(N4CCN(C(C)C)CC4)n3)nc2c1. The first kappa shape index (κ1) is 21.3. The minimum absolute atomic E-state index is 0.579. The third kappa shape index (κ3) is 4.22. The van der Waals surface area contributed by atoms with E-state index in [0.29, 0.717) is 6.04 Å². The Hall–Kier alpha value is -2.54. The molecule has 0 aliphatic carbocycles. The molecule has 164 valence electrons. The topological polar surface area (TPSA) is 45.2 Å². The summed E-state index contributed by atoms with van der Waals surface area (Å²) in [6.07, 6.45) is 3.69. The number of aromatic nitrogens is 3. The van der Waals surface area contributed by atoms with Gasteiger partial charge in [0.1, 0.15) is 16.5 Å². The van der Waals surface area contributed by atoms with Gasteiger partial charge >= 0.3 is 0 Å². The summed E-state index contributed by atoms with van der Waals surface area (Å²) in [6, 6.07) is 12.9. The van der Waals surface area contributed by atoms with E-state index < -0.39 is 0 Å². The highest BCUT2D eigenvalue weighted by molar-refractivity contribution is 7.22. The smallest absolute Gasteiger partial charge is 0.148 e. The Labute approximate surface area is 197 Å². The molecule has 32 heavy (non-hydrogen) atoms. The molecule has 0 spiro atoms. The predicted octanol–water partition coefficient (Wildman–Crippen LogP) is 5.91. The third-order valence-electron chi connectivity index (χ3n) is 6.00. The van der Waals surface area contributed by atoms with Crippen LogP contribution >= 0.6 is 22.9 Å². The van der Waals surface area contributed by atoms with Crippen LogP contribution in [0.25, 0.3) is 32.0 Å². The van der Waals surface area contributed by atoms with E-state index >= 15 is 0 Å². The Morgan fingerprint density at radius 1 is 0.969 bits per heavy atom. The number of rotatable bonds is 4. The fourth-order valence-electron chi connectivity index (χ4n) is 4.21. The molecule has 1 aliphatic rings. The van der Waals surface area contributed by atoms with Crippen LogP contribution in [0.1, 0.15) is 19.4 Å². The second-order valence-corrected chi connectivity index (χ2v) is 10.0. The lowest BCUT2D eigenvalue weighted by atomic mass is 10.0. The van der Waals surface area contributed by atoms with E-state index in [1.54, 1.807) is 11.3 Å². The summed E-state index contributed by atoms with van der Waals surface area (Å²) in [4.78, 5) is 19.2. The number of hydrogen-bond acceptors (Lipinski definition) is 6. The maximum Gasteiger partial charge on any atom is 0.148 e. The molecular formula is C25H26ClN5S. The summed E-state index contributed by atoms with van der Waals surface area (Å²) in [5.74, 6) is 0.930. The Balaban J connectivity index is 1.49.